The Morgan fingerprint density at radius 2 is 2.22 bits per heavy atom. The van der Waals surface area contributed by atoms with Crippen LogP contribution in [0.3, 0.4) is 0 Å². The minimum absolute atomic E-state index is 0.301. The lowest BCUT2D eigenvalue weighted by Gasteiger charge is -2.31. The summed E-state index contributed by atoms with van der Waals surface area (Å²) in [5.74, 6) is 0.641. The summed E-state index contributed by atoms with van der Waals surface area (Å²) < 4.78 is 18.6. The third kappa shape index (κ3) is 4.74. The van der Waals surface area contributed by atoms with Crippen LogP contribution in [0.25, 0.3) is 11.0 Å². The van der Waals surface area contributed by atoms with Crippen molar-refractivity contribution in [2.45, 2.75) is 25.2 Å². The van der Waals surface area contributed by atoms with Gasteiger partial charge in [0.2, 0.25) is 5.96 Å². The fraction of sp³-hybridized carbons (Fsp3) is 0.526. The fourth-order valence-electron chi connectivity index (χ4n) is 3.48. The van der Waals surface area contributed by atoms with E-state index < -0.39 is 0 Å². The Kier molecular flexibility index (Phi) is 6.24. The van der Waals surface area contributed by atoms with Crippen molar-refractivity contribution in [3.05, 3.63) is 29.7 Å². The lowest BCUT2D eigenvalue weighted by molar-refractivity contribution is 0.208. The summed E-state index contributed by atoms with van der Waals surface area (Å²) in [4.78, 5) is 8.65. The third-order valence-corrected chi connectivity index (χ3v) is 4.92. The molecule has 2 heterocycles. The number of hydrogen-bond acceptors (Lipinski definition) is 5. The van der Waals surface area contributed by atoms with Crippen molar-refractivity contribution in [1.29, 1.82) is 5.26 Å². The second-order valence-electron chi connectivity index (χ2n) is 7.01. The number of rotatable bonds is 5. The number of guanidine groups is 1. The van der Waals surface area contributed by atoms with Gasteiger partial charge in [0.05, 0.1) is 5.69 Å². The molecule has 0 saturated carbocycles. The zero-order valence-electron chi connectivity index (χ0n) is 15.8. The number of aliphatic imine (C=N–C) groups is 1. The van der Waals surface area contributed by atoms with E-state index in [9.17, 15) is 4.39 Å². The van der Waals surface area contributed by atoms with Crippen LogP contribution in [0.5, 0.6) is 0 Å². The molecular formula is C19H25FN6O. The van der Waals surface area contributed by atoms with Crippen molar-refractivity contribution >= 4 is 16.9 Å². The second kappa shape index (κ2) is 8.82. The van der Waals surface area contributed by atoms with E-state index in [-0.39, 0.29) is 5.82 Å². The van der Waals surface area contributed by atoms with Crippen LogP contribution in [-0.4, -0.2) is 61.2 Å². The minimum Gasteiger partial charge on any atom is -0.356 e. The fourth-order valence-corrected chi connectivity index (χ4v) is 3.48. The van der Waals surface area contributed by atoms with E-state index in [0.29, 0.717) is 24.0 Å². The lowest BCUT2D eigenvalue weighted by atomic mass is 9.91. The minimum atomic E-state index is -0.301. The first-order valence-corrected chi connectivity index (χ1v) is 9.22. The van der Waals surface area contributed by atoms with Crippen LogP contribution in [0.15, 0.2) is 27.7 Å². The number of nitrogens with zero attached hydrogens (tertiary/aromatic N) is 5. The van der Waals surface area contributed by atoms with Gasteiger partial charge in [0.15, 0.2) is 11.8 Å². The highest BCUT2D eigenvalue weighted by Crippen LogP contribution is 2.32. The largest absolute Gasteiger partial charge is 0.356 e. The van der Waals surface area contributed by atoms with Gasteiger partial charge in [0.25, 0.3) is 0 Å². The molecule has 1 aromatic heterocycles. The van der Waals surface area contributed by atoms with E-state index in [2.05, 4.69) is 20.4 Å². The average Bonchev–Trinajstić information content (AvgIpc) is 3.07. The van der Waals surface area contributed by atoms with Gasteiger partial charge in [-0.15, -0.1) is 0 Å². The second-order valence-corrected chi connectivity index (χ2v) is 7.01. The molecule has 0 aliphatic carbocycles. The molecule has 1 aliphatic rings. The molecule has 0 radical (unpaired) electrons. The first kappa shape index (κ1) is 19.1. The number of halogens is 1. The Hall–Kier alpha value is -2.66. The predicted molar refractivity (Wildman–Crippen MR) is 102 cm³/mol. The van der Waals surface area contributed by atoms with E-state index in [1.807, 2.05) is 20.3 Å². The van der Waals surface area contributed by atoms with Crippen molar-refractivity contribution in [2.24, 2.45) is 4.99 Å². The van der Waals surface area contributed by atoms with E-state index >= 15 is 0 Å². The molecule has 1 fully saturated rings. The molecular weight excluding hydrogens is 347 g/mol. The zero-order valence-corrected chi connectivity index (χ0v) is 15.8. The van der Waals surface area contributed by atoms with Crippen LogP contribution in [0.1, 0.15) is 30.9 Å². The summed E-state index contributed by atoms with van der Waals surface area (Å²) in [7, 11) is 3.71. The van der Waals surface area contributed by atoms with Gasteiger partial charge in [-0.2, -0.15) is 5.26 Å². The molecule has 8 heteroatoms. The molecule has 27 heavy (non-hydrogen) atoms. The van der Waals surface area contributed by atoms with Gasteiger partial charge in [-0.05, 0) is 51.0 Å². The highest BCUT2D eigenvalue weighted by molar-refractivity contribution is 5.81. The number of fused-ring (bicyclic) bond motifs is 1. The van der Waals surface area contributed by atoms with Crippen LogP contribution >= 0.6 is 0 Å². The van der Waals surface area contributed by atoms with Crippen molar-refractivity contribution in [2.75, 3.05) is 40.3 Å². The number of aromatic nitrogens is 1. The van der Waals surface area contributed by atoms with Gasteiger partial charge in [0, 0.05) is 38.0 Å². The van der Waals surface area contributed by atoms with Crippen LogP contribution < -0.4 is 5.32 Å². The molecule has 0 amide bonds. The quantitative estimate of drug-likeness (QED) is 0.286. The van der Waals surface area contributed by atoms with Gasteiger partial charge < -0.3 is 14.3 Å². The maximum Gasteiger partial charge on any atom is 0.206 e. The van der Waals surface area contributed by atoms with Gasteiger partial charge in [-0.25, -0.2) is 4.39 Å². The van der Waals surface area contributed by atoms with E-state index in [1.54, 1.807) is 11.0 Å². The number of benzene rings is 1. The van der Waals surface area contributed by atoms with Gasteiger partial charge in [0.1, 0.15) is 5.82 Å². The highest BCUT2D eigenvalue weighted by atomic mass is 19.1. The molecule has 1 aromatic carbocycles. The Balaban J connectivity index is 1.48. The Bertz CT molecular complexity index is 832. The maximum absolute atomic E-state index is 13.3. The summed E-state index contributed by atoms with van der Waals surface area (Å²) >= 11 is 0. The van der Waals surface area contributed by atoms with E-state index in [4.69, 9.17) is 9.78 Å². The molecule has 0 bridgehead atoms. The van der Waals surface area contributed by atoms with Crippen molar-refractivity contribution < 1.29 is 8.91 Å². The summed E-state index contributed by atoms with van der Waals surface area (Å²) in [6.45, 7) is 3.66. The Labute approximate surface area is 158 Å². The number of likely N-dealkylation sites (tertiary alicyclic amines) is 1. The van der Waals surface area contributed by atoms with Crippen molar-refractivity contribution in [3.63, 3.8) is 0 Å². The van der Waals surface area contributed by atoms with Gasteiger partial charge in [-0.3, -0.25) is 10.3 Å². The highest BCUT2D eigenvalue weighted by Gasteiger charge is 2.24. The van der Waals surface area contributed by atoms with Gasteiger partial charge >= 0.3 is 0 Å². The van der Waals surface area contributed by atoms with E-state index in [1.165, 1.54) is 12.1 Å². The summed E-state index contributed by atoms with van der Waals surface area (Å²) in [5.41, 5.74) is 1.47. The van der Waals surface area contributed by atoms with Gasteiger partial charge in [-0.1, -0.05) is 5.16 Å². The van der Waals surface area contributed by atoms with Crippen LogP contribution in [-0.2, 0) is 0 Å². The molecule has 0 unspecified atom stereocenters. The SMILES string of the molecule is CN(C)C(=NCCCN1CCC(c2noc3cc(F)ccc23)CC1)NC#N. The molecule has 1 saturated heterocycles. The number of nitrogens with one attached hydrogen (secondary N) is 1. The van der Waals surface area contributed by atoms with Crippen molar-refractivity contribution in [3.8, 4) is 6.19 Å². The van der Waals surface area contributed by atoms with Crippen LogP contribution in [0.4, 0.5) is 4.39 Å². The van der Waals surface area contributed by atoms with Crippen molar-refractivity contribution in [1.82, 2.24) is 20.3 Å². The number of piperidine rings is 1. The monoisotopic (exact) mass is 372 g/mol. The number of hydrogen-bond donors (Lipinski definition) is 1. The van der Waals surface area contributed by atoms with E-state index in [0.717, 1.165) is 50.0 Å². The summed E-state index contributed by atoms with van der Waals surface area (Å²) in [5, 5.41) is 16.4. The molecule has 1 N–H and O–H groups in total. The maximum atomic E-state index is 13.3. The normalized spacial score (nSPS) is 16.4. The van der Waals surface area contributed by atoms with Crippen LogP contribution in [0, 0.1) is 17.3 Å². The molecule has 144 valence electrons. The molecule has 7 nitrogen and oxygen atoms in total. The zero-order chi connectivity index (χ0) is 19.2. The average molecular weight is 372 g/mol. The third-order valence-electron chi connectivity index (χ3n) is 4.92. The lowest BCUT2D eigenvalue weighted by Crippen LogP contribution is -2.35. The number of nitriles is 1. The predicted octanol–water partition coefficient (Wildman–Crippen LogP) is 2.52. The smallest absolute Gasteiger partial charge is 0.206 e. The summed E-state index contributed by atoms with van der Waals surface area (Å²) in [6, 6.07) is 4.62. The van der Waals surface area contributed by atoms with Crippen LogP contribution in [0.2, 0.25) is 0 Å². The first-order chi connectivity index (χ1) is 13.1. The Morgan fingerprint density at radius 3 is 2.93 bits per heavy atom. The summed E-state index contributed by atoms with van der Waals surface area (Å²) in [6.07, 6.45) is 4.88. The standard InChI is InChI=1S/C19H25FN6O/c1-25(2)19(23-13-21)22-8-3-9-26-10-6-14(7-11-26)18-16-5-4-15(20)12-17(16)27-24-18/h4-5,12,14H,3,6-11H2,1-2H3,(H,22,23). The molecule has 0 spiro atoms. The Morgan fingerprint density at radius 1 is 1.44 bits per heavy atom. The molecule has 2 aromatic rings. The molecule has 1 aliphatic heterocycles. The molecule has 3 rings (SSSR count). The molecule has 0 atom stereocenters. The first-order valence-electron chi connectivity index (χ1n) is 9.22. The topological polar surface area (TPSA) is 80.7 Å².